The molecule has 2 N–H and O–H groups in total. The van der Waals surface area contributed by atoms with Gasteiger partial charge in [0.1, 0.15) is 11.3 Å². The standard InChI is InChI=1S/C10H15N5/c1-3-4-5-7-14-10-8(12-6-13-10)9(11)15(7)2/h6,11H,3-5H2,1-2H3,(H,12,13). The molecule has 80 valence electrons. The minimum atomic E-state index is 0.448. The van der Waals surface area contributed by atoms with Gasteiger partial charge < -0.3 is 9.55 Å². The third kappa shape index (κ3) is 1.65. The van der Waals surface area contributed by atoms with Crippen LogP contribution in [0.15, 0.2) is 6.33 Å². The smallest absolute Gasteiger partial charge is 0.182 e. The fraction of sp³-hybridized carbons (Fsp3) is 0.500. The van der Waals surface area contributed by atoms with Crippen LogP contribution in [0.1, 0.15) is 25.6 Å². The summed E-state index contributed by atoms with van der Waals surface area (Å²) in [7, 11) is 1.88. The van der Waals surface area contributed by atoms with Crippen molar-refractivity contribution in [1.29, 1.82) is 5.41 Å². The molecule has 0 saturated carbocycles. The molecule has 0 aliphatic carbocycles. The molecule has 5 nitrogen and oxygen atoms in total. The average Bonchev–Trinajstić information content (AvgIpc) is 2.69. The number of hydrogen-bond donors (Lipinski definition) is 2. The first kappa shape index (κ1) is 9.89. The Morgan fingerprint density at radius 1 is 1.53 bits per heavy atom. The van der Waals surface area contributed by atoms with Gasteiger partial charge in [-0.05, 0) is 6.42 Å². The molecule has 15 heavy (non-hydrogen) atoms. The van der Waals surface area contributed by atoms with Gasteiger partial charge in [-0.15, -0.1) is 0 Å². The van der Waals surface area contributed by atoms with Gasteiger partial charge in [-0.2, -0.15) is 0 Å². The second-order valence-electron chi connectivity index (χ2n) is 3.64. The molecule has 2 heterocycles. The number of aromatic nitrogens is 4. The monoisotopic (exact) mass is 205 g/mol. The first-order valence-electron chi connectivity index (χ1n) is 5.17. The Balaban J connectivity index is 2.55. The maximum atomic E-state index is 7.93. The van der Waals surface area contributed by atoms with Crippen LogP contribution < -0.4 is 5.49 Å². The summed E-state index contributed by atoms with van der Waals surface area (Å²) < 4.78 is 1.82. The van der Waals surface area contributed by atoms with Crippen molar-refractivity contribution in [3.05, 3.63) is 17.6 Å². The van der Waals surface area contributed by atoms with E-state index in [1.54, 1.807) is 6.33 Å². The number of unbranched alkanes of at least 4 members (excludes halogenated alkanes) is 1. The highest BCUT2D eigenvalue weighted by Crippen LogP contribution is 2.04. The van der Waals surface area contributed by atoms with E-state index < -0.39 is 0 Å². The number of fused-ring (bicyclic) bond motifs is 1. The Labute approximate surface area is 87.7 Å². The third-order valence-corrected chi connectivity index (χ3v) is 2.57. The lowest BCUT2D eigenvalue weighted by atomic mass is 10.2. The lowest BCUT2D eigenvalue weighted by molar-refractivity contribution is 0.671. The SMILES string of the molecule is CCCCc1nc2nc[nH]c2c(=N)n1C. The predicted molar refractivity (Wildman–Crippen MR) is 57.3 cm³/mol. The molecular weight excluding hydrogens is 190 g/mol. The Morgan fingerprint density at radius 2 is 2.33 bits per heavy atom. The van der Waals surface area contributed by atoms with Gasteiger partial charge in [-0.3, -0.25) is 5.41 Å². The van der Waals surface area contributed by atoms with E-state index in [0.29, 0.717) is 16.7 Å². The molecule has 2 aromatic heterocycles. The first-order valence-corrected chi connectivity index (χ1v) is 5.17. The van der Waals surface area contributed by atoms with Crippen molar-refractivity contribution in [2.45, 2.75) is 26.2 Å². The highest BCUT2D eigenvalue weighted by molar-refractivity contribution is 5.67. The van der Waals surface area contributed by atoms with Crippen LogP contribution in [-0.2, 0) is 13.5 Å². The quantitative estimate of drug-likeness (QED) is 0.788. The summed E-state index contributed by atoms with van der Waals surface area (Å²) in [6.45, 7) is 2.15. The second kappa shape index (κ2) is 3.84. The summed E-state index contributed by atoms with van der Waals surface area (Å²) in [4.78, 5) is 11.5. The number of imidazole rings is 1. The molecule has 0 unspecified atom stereocenters. The minimum absolute atomic E-state index is 0.448. The average molecular weight is 205 g/mol. The van der Waals surface area contributed by atoms with Crippen molar-refractivity contribution in [2.24, 2.45) is 7.05 Å². The zero-order valence-electron chi connectivity index (χ0n) is 9.04. The van der Waals surface area contributed by atoms with Gasteiger partial charge in [0, 0.05) is 13.5 Å². The Bertz CT molecular complexity index is 522. The Kier molecular flexibility index (Phi) is 2.53. The van der Waals surface area contributed by atoms with E-state index in [1.807, 2.05) is 11.6 Å². The van der Waals surface area contributed by atoms with Crippen molar-refractivity contribution in [3.63, 3.8) is 0 Å². The summed E-state index contributed by atoms with van der Waals surface area (Å²) in [6, 6.07) is 0. The van der Waals surface area contributed by atoms with Crippen LogP contribution in [0.5, 0.6) is 0 Å². The van der Waals surface area contributed by atoms with Crippen LogP contribution in [0.4, 0.5) is 0 Å². The molecule has 2 aromatic rings. The summed E-state index contributed by atoms with van der Waals surface area (Å²) >= 11 is 0. The lowest BCUT2D eigenvalue weighted by Gasteiger charge is -2.07. The van der Waals surface area contributed by atoms with Crippen molar-refractivity contribution in [2.75, 3.05) is 0 Å². The van der Waals surface area contributed by atoms with Crippen molar-refractivity contribution < 1.29 is 0 Å². The number of rotatable bonds is 3. The van der Waals surface area contributed by atoms with Gasteiger partial charge in [-0.1, -0.05) is 13.3 Å². The normalized spacial score (nSPS) is 11.1. The van der Waals surface area contributed by atoms with E-state index >= 15 is 0 Å². The molecule has 2 rings (SSSR count). The topological polar surface area (TPSA) is 70.3 Å². The maximum Gasteiger partial charge on any atom is 0.182 e. The molecule has 0 aliphatic rings. The number of nitrogens with one attached hydrogen (secondary N) is 2. The third-order valence-electron chi connectivity index (χ3n) is 2.57. The first-order chi connectivity index (χ1) is 7.24. The van der Waals surface area contributed by atoms with Crippen LogP contribution >= 0.6 is 0 Å². The van der Waals surface area contributed by atoms with E-state index in [4.69, 9.17) is 5.41 Å². The van der Waals surface area contributed by atoms with Gasteiger partial charge in [-0.25, -0.2) is 9.97 Å². The molecule has 0 radical (unpaired) electrons. The molecule has 5 heteroatoms. The zero-order valence-corrected chi connectivity index (χ0v) is 9.04. The van der Waals surface area contributed by atoms with Gasteiger partial charge in [0.05, 0.1) is 6.33 Å². The molecule has 0 amide bonds. The maximum absolute atomic E-state index is 7.93. The summed E-state index contributed by atoms with van der Waals surface area (Å²) in [6.07, 6.45) is 4.71. The summed E-state index contributed by atoms with van der Waals surface area (Å²) in [5, 5.41) is 7.93. The molecule has 0 fully saturated rings. The second-order valence-corrected chi connectivity index (χ2v) is 3.64. The number of nitrogens with zero attached hydrogens (tertiary/aromatic N) is 3. The van der Waals surface area contributed by atoms with Crippen LogP contribution in [-0.4, -0.2) is 19.5 Å². The van der Waals surface area contributed by atoms with E-state index in [9.17, 15) is 0 Å². The van der Waals surface area contributed by atoms with E-state index in [0.717, 1.165) is 25.1 Å². The number of aryl methyl sites for hydroxylation is 1. The van der Waals surface area contributed by atoms with Crippen LogP contribution in [0.2, 0.25) is 0 Å². The van der Waals surface area contributed by atoms with Gasteiger partial charge in [0.15, 0.2) is 11.1 Å². The number of hydrogen-bond acceptors (Lipinski definition) is 3. The fourth-order valence-corrected chi connectivity index (χ4v) is 1.60. The molecular formula is C10H15N5. The van der Waals surface area contributed by atoms with Crippen molar-refractivity contribution in [3.8, 4) is 0 Å². The Morgan fingerprint density at radius 3 is 3.07 bits per heavy atom. The van der Waals surface area contributed by atoms with E-state index in [2.05, 4.69) is 21.9 Å². The molecule has 0 aromatic carbocycles. The van der Waals surface area contributed by atoms with Crippen molar-refractivity contribution >= 4 is 11.2 Å². The van der Waals surface area contributed by atoms with Gasteiger partial charge in [0.25, 0.3) is 0 Å². The lowest BCUT2D eigenvalue weighted by Crippen LogP contribution is -2.22. The fourth-order valence-electron chi connectivity index (χ4n) is 1.60. The molecule has 0 atom stereocenters. The van der Waals surface area contributed by atoms with Crippen LogP contribution in [0, 0.1) is 5.41 Å². The van der Waals surface area contributed by atoms with Crippen LogP contribution in [0.3, 0.4) is 0 Å². The Hall–Kier alpha value is -1.65. The van der Waals surface area contributed by atoms with E-state index in [1.165, 1.54) is 0 Å². The van der Waals surface area contributed by atoms with Crippen LogP contribution in [0.25, 0.3) is 11.2 Å². The number of H-pyrrole nitrogens is 1. The van der Waals surface area contributed by atoms with E-state index in [-0.39, 0.29) is 0 Å². The molecule has 0 aliphatic heterocycles. The predicted octanol–water partition coefficient (Wildman–Crippen LogP) is 1.12. The van der Waals surface area contributed by atoms with Crippen molar-refractivity contribution in [1.82, 2.24) is 19.5 Å². The summed E-state index contributed by atoms with van der Waals surface area (Å²) in [5.74, 6) is 0.932. The highest BCUT2D eigenvalue weighted by atomic mass is 15.1. The molecule has 0 saturated heterocycles. The van der Waals surface area contributed by atoms with Gasteiger partial charge >= 0.3 is 0 Å². The highest BCUT2D eigenvalue weighted by Gasteiger charge is 2.06. The summed E-state index contributed by atoms with van der Waals surface area (Å²) in [5.41, 5.74) is 1.80. The molecule has 0 spiro atoms. The largest absolute Gasteiger partial charge is 0.340 e. The zero-order chi connectivity index (χ0) is 10.8. The minimum Gasteiger partial charge on any atom is -0.340 e. The number of aromatic amines is 1. The molecule has 0 bridgehead atoms. The van der Waals surface area contributed by atoms with Gasteiger partial charge in [0.2, 0.25) is 0 Å².